The summed E-state index contributed by atoms with van der Waals surface area (Å²) in [5.74, 6) is -0.180. The number of pyridine rings is 1. The second-order valence-corrected chi connectivity index (χ2v) is 6.50. The number of nitrogens with zero attached hydrogens (tertiary/aromatic N) is 2. The van der Waals surface area contributed by atoms with Crippen molar-refractivity contribution >= 4 is 35.1 Å². The van der Waals surface area contributed by atoms with Crippen LogP contribution in [-0.4, -0.2) is 42.0 Å². The molecule has 0 aliphatic carbocycles. The lowest BCUT2D eigenvalue weighted by molar-refractivity contribution is -0.128. The zero-order valence-corrected chi connectivity index (χ0v) is 15.8. The van der Waals surface area contributed by atoms with Gasteiger partial charge in [-0.3, -0.25) is 9.78 Å². The number of urea groups is 1. The van der Waals surface area contributed by atoms with Crippen LogP contribution in [0.4, 0.5) is 4.79 Å². The molecule has 0 fully saturated rings. The molecule has 1 heterocycles. The monoisotopic (exact) mass is 394 g/mol. The van der Waals surface area contributed by atoms with Gasteiger partial charge in [0.1, 0.15) is 0 Å². The summed E-state index contributed by atoms with van der Waals surface area (Å²) >= 11 is 11.9. The molecule has 138 valence electrons. The first-order chi connectivity index (χ1) is 12.5. The summed E-state index contributed by atoms with van der Waals surface area (Å²) in [6.07, 6.45) is 2.38. The van der Waals surface area contributed by atoms with E-state index >= 15 is 0 Å². The molecule has 3 amide bonds. The van der Waals surface area contributed by atoms with E-state index in [9.17, 15) is 9.59 Å². The van der Waals surface area contributed by atoms with Gasteiger partial charge in [0.25, 0.3) is 0 Å². The van der Waals surface area contributed by atoms with E-state index in [0.29, 0.717) is 23.0 Å². The molecule has 0 aliphatic rings. The molecule has 2 aromatic rings. The maximum absolute atomic E-state index is 12.1. The lowest BCUT2D eigenvalue weighted by Gasteiger charge is -2.17. The third kappa shape index (κ3) is 6.54. The summed E-state index contributed by atoms with van der Waals surface area (Å²) in [4.78, 5) is 29.7. The van der Waals surface area contributed by atoms with Crippen LogP contribution in [0.5, 0.6) is 0 Å². The van der Waals surface area contributed by atoms with Crippen molar-refractivity contribution in [2.24, 2.45) is 0 Å². The summed E-state index contributed by atoms with van der Waals surface area (Å²) in [5.41, 5.74) is 1.66. The van der Waals surface area contributed by atoms with Crippen LogP contribution in [0.2, 0.25) is 10.0 Å². The molecule has 1 aromatic heterocycles. The maximum Gasteiger partial charge on any atom is 0.315 e. The van der Waals surface area contributed by atoms with Crippen molar-refractivity contribution < 1.29 is 9.59 Å². The van der Waals surface area contributed by atoms with Crippen LogP contribution in [0.15, 0.2) is 42.6 Å². The van der Waals surface area contributed by atoms with Crippen LogP contribution in [0.25, 0.3) is 0 Å². The molecule has 0 bridgehead atoms. The van der Waals surface area contributed by atoms with E-state index in [1.165, 1.54) is 0 Å². The fraction of sp³-hybridized carbons (Fsp3) is 0.278. The molecule has 6 nitrogen and oxygen atoms in total. The predicted molar refractivity (Wildman–Crippen MR) is 102 cm³/mol. The topological polar surface area (TPSA) is 74.3 Å². The van der Waals surface area contributed by atoms with Gasteiger partial charge in [-0.2, -0.15) is 0 Å². The number of hydrogen-bond donors (Lipinski definition) is 2. The zero-order chi connectivity index (χ0) is 18.9. The number of halogens is 2. The summed E-state index contributed by atoms with van der Waals surface area (Å²) in [7, 11) is 1.69. The summed E-state index contributed by atoms with van der Waals surface area (Å²) in [6, 6.07) is 10.3. The van der Waals surface area contributed by atoms with E-state index < -0.39 is 6.03 Å². The fourth-order valence-corrected chi connectivity index (χ4v) is 2.62. The SMILES string of the molecule is CN(CCc1ccccn1)C(=O)CNC(=O)NCc1ccc(Cl)cc1Cl. The van der Waals surface area contributed by atoms with Crippen LogP contribution in [0.3, 0.4) is 0 Å². The second-order valence-electron chi connectivity index (χ2n) is 5.66. The Labute approximate surface area is 162 Å². The zero-order valence-electron chi connectivity index (χ0n) is 14.3. The van der Waals surface area contributed by atoms with Gasteiger partial charge in [0.15, 0.2) is 0 Å². The number of carbonyl (C=O) groups excluding carboxylic acids is 2. The average molecular weight is 395 g/mol. The number of hydrogen-bond acceptors (Lipinski definition) is 3. The predicted octanol–water partition coefficient (Wildman–Crippen LogP) is 2.89. The van der Waals surface area contributed by atoms with Gasteiger partial charge in [-0.25, -0.2) is 4.79 Å². The van der Waals surface area contributed by atoms with E-state index in [-0.39, 0.29) is 19.0 Å². The largest absolute Gasteiger partial charge is 0.344 e. The number of nitrogens with one attached hydrogen (secondary N) is 2. The number of amides is 3. The smallest absolute Gasteiger partial charge is 0.315 e. The van der Waals surface area contributed by atoms with Gasteiger partial charge >= 0.3 is 6.03 Å². The highest BCUT2D eigenvalue weighted by Gasteiger charge is 2.11. The Morgan fingerprint density at radius 1 is 1.15 bits per heavy atom. The summed E-state index contributed by atoms with van der Waals surface area (Å²) < 4.78 is 0. The molecule has 26 heavy (non-hydrogen) atoms. The third-order valence-electron chi connectivity index (χ3n) is 3.71. The quantitative estimate of drug-likeness (QED) is 0.757. The van der Waals surface area contributed by atoms with Crippen molar-refractivity contribution in [1.29, 1.82) is 0 Å². The molecule has 2 rings (SSSR count). The highest BCUT2D eigenvalue weighted by molar-refractivity contribution is 6.35. The number of likely N-dealkylation sites (N-methyl/N-ethyl adjacent to an activating group) is 1. The Balaban J connectivity index is 1.69. The van der Waals surface area contributed by atoms with Crippen molar-refractivity contribution in [2.45, 2.75) is 13.0 Å². The molecule has 0 atom stereocenters. The minimum atomic E-state index is -0.442. The molecule has 0 saturated heterocycles. The number of rotatable bonds is 7. The lowest BCUT2D eigenvalue weighted by atomic mass is 10.2. The maximum atomic E-state index is 12.1. The minimum Gasteiger partial charge on any atom is -0.344 e. The van der Waals surface area contributed by atoms with E-state index in [1.54, 1.807) is 36.3 Å². The molecule has 0 radical (unpaired) electrons. The van der Waals surface area contributed by atoms with Crippen molar-refractivity contribution in [2.75, 3.05) is 20.1 Å². The van der Waals surface area contributed by atoms with Crippen LogP contribution in [0.1, 0.15) is 11.3 Å². The minimum absolute atomic E-state index is 0.0844. The normalized spacial score (nSPS) is 10.3. The van der Waals surface area contributed by atoms with Crippen LogP contribution in [-0.2, 0) is 17.8 Å². The molecule has 1 aromatic carbocycles. The Morgan fingerprint density at radius 2 is 1.96 bits per heavy atom. The van der Waals surface area contributed by atoms with Gasteiger partial charge in [0.05, 0.1) is 6.54 Å². The van der Waals surface area contributed by atoms with Crippen LogP contribution < -0.4 is 10.6 Å². The third-order valence-corrected chi connectivity index (χ3v) is 4.30. The molecule has 2 N–H and O–H groups in total. The fourth-order valence-electron chi connectivity index (χ4n) is 2.15. The first-order valence-electron chi connectivity index (χ1n) is 8.05. The number of carbonyl (C=O) groups is 2. The highest BCUT2D eigenvalue weighted by Crippen LogP contribution is 2.20. The first kappa shape index (κ1) is 20.0. The number of benzene rings is 1. The van der Waals surface area contributed by atoms with Crippen molar-refractivity contribution in [3.63, 3.8) is 0 Å². The lowest BCUT2D eigenvalue weighted by Crippen LogP contribution is -2.42. The van der Waals surface area contributed by atoms with Crippen molar-refractivity contribution in [3.8, 4) is 0 Å². The summed E-state index contributed by atoms with van der Waals surface area (Å²) in [5, 5.41) is 6.19. The van der Waals surface area contributed by atoms with Gasteiger partial charge in [-0.05, 0) is 29.8 Å². The molecule has 0 unspecified atom stereocenters. The van der Waals surface area contributed by atoms with E-state index in [4.69, 9.17) is 23.2 Å². The average Bonchev–Trinajstić information content (AvgIpc) is 2.64. The molecule has 0 aliphatic heterocycles. The Morgan fingerprint density at radius 3 is 2.65 bits per heavy atom. The molecule has 0 spiro atoms. The number of aromatic nitrogens is 1. The summed E-state index contributed by atoms with van der Waals surface area (Å²) in [6.45, 7) is 0.684. The highest BCUT2D eigenvalue weighted by atomic mass is 35.5. The van der Waals surface area contributed by atoms with Gasteiger partial charge in [0, 0.05) is 48.5 Å². The molecular formula is C18H20Cl2N4O2. The van der Waals surface area contributed by atoms with Crippen LogP contribution in [0, 0.1) is 0 Å². The Hall–Kier alpha value is -2.31. The van der Waals surface area contributed by atoms with Gasteiger partial charge in [0.2, 0.25) is 5.91 Å². The molecule has 0 saturated carbocycles. The first-order valence-corrected chi connectivity index (χ1v) is 8.81. The van der Waals surface area contributed by atoms with Crippen LogP contribution >= 0.6 is 23.2 Å². The molecular weight excluding hydrogens is 375 g/mol. The van der Waals surface area contributed by atoms with Gasteiger partial charge in [-0.1, -0.05) is 35.3 Å². The van der Waals surface area contributed by atoms with Gasteiger partial charge in [-0.15, -0.1) is 0 Å². The van der Waals surface area contributed by atoms with E-state index in [1.807, 2.05) is 18.2 Å². The standard InChI is InChI=1S/C18H20Cl2N4O2/c1-24(9-7-15-4-2-3-8-21-15)17(25)12-23-18(26)22-11-13-5-6-14(19)10-16(13)20/h2-6,8,10H,7,9,11-12H2,1H3,(H2,22,23,26). The molecule has 8 heteroatoms. The van der Waals surface area contributed by atoms with E-state index in [0.717, 1.165) is 11.3 Å². The van der Waals surface area contributed by atoms with E-state index in [2.05, 4.69) is 15.6 Å². The van der Waals surface area contributed by atoms with Gasteiger partial charge < -0.3 is 15.5 Å². The van der Waals surface area contributed by atoms with Crippen molar-refractivity contribution in [3.05, 3.63) is 63.9 Å². The second kappa shape index (κ2) is 9.99. The Kier molecular flexibility index (Phi) is 7.69. The Bertz CT molecular complexity index is 756. The van der Waals surface area contributed by atoms with Crippen molar-refractivity contribution in [1.82, 2.24) is 20.5 Å².